The first kappa shape index (κ1) is 23.9. The van der Waals surface area contributed by atoms with Gasteiger partial charge < -0.3 is 15.0 Å². The molecular formula is C24H30ClN3O4S. The molecule has 0 aliphatic carbocycles. The van der Waals surface area contributed by atoms with E-state index in [1.807, 2.05) is 0 Å². The Hall–Kier alpha value is -2.29. The molecule has 2 heterocycles. The third-order valence-corrected chi connectivity index (χ3v) is 8.48. The van der Waals surface area contributed by atoms with Crippen molar-refractivity contribution in [3.8, 4) is 5.75 Å². The fraction of sp³-hybridized carbons (Fsp3) is 0.458. The van der Waals surface area contributed by atoms with E-state index in [-0.39, 0.29) is 4.90 Å². The van der Waals surface area contributed by atoms with E-state index in [9.17, 15) is 13.2 Å². The number of nitrogens with zero attached hydrogens (tertiary/aromatic N) is 2. The van der Waals surface area contributed by atoms with E-state index in [4.69, 9.17) is 16.3 Å². The van der Waals surface area contributed by atoms with E-state index in [0.29, 0.717) is 40.8 Å². The van der Waals surface area contributed by atoms with E-state index >= 15 is 0 Å². The summed E-state index contributed by atoms with van der Waals surface area (Å²) in [6.07, 6.45) is 5.97. The van der Waals surface area contributed by atoms with Crippen LogP contribution < -0.4 is 15.0 Å². The zero-order chi connectivity index (χ0) is 23.4. The van der Waals surface area contributed by atoms with Gasteiger partial charge in [-0.15, -0.1) is 0 Å². The predicted octanol–water partition coefficient (Wildman–Crippen LogP) is 4.77. The average Bonchev–Trinajstić information content (AvgIpc) is 2.85. The molecule has 0 radical (unpaired) electrons. The molecule has 2 aliphatic heterocycles. The summed E-state index contributed by atoms with van der Waals surface area (Å²) >= 11 is 6.17. The number of carbonyl (C=O) groups is 1. The smallest absolute Gasteiger partial charge is 0.255 e. The van der Waals surface area contributed by atoms with Crippen LogP contribution in [0.25, 0.3) is 0 Å². The molecule has 7 nitrogen and oxygen atoms in total. The maximum atomic E-state index is 13.6. The number of rotatable bonds is 6. The second kappa shape index (κ2) is 10.3. The van der Waals surface area contributed by atoms with Crippen molar-refractivity contribution in [1.29, 1.82) is 0 Å². The summed E-state index contributed by atoms with van der Waals surface area (Å²) in [5, 5.41) is 3.19. The van der Waals surface area contributed by atoms with Crippen LogP contribution in [0.1, 0.15) is 48.9 Å². The molecule has 2 aromatic carbocycles. The molecule has 4 rings (SSSR count). The first-order chi connectivity index (χ1) is 15.9. The molecule has 0 spiro atoms. The van der Waals surface area contributed by atoms with E-state index in [0.717, 1.165) is 51.6 Å². The highest BCUT2D eigenvalue weighted by molar-refractivity contribution is 7.89. The first-order valence-electron chi connectivity index (χ1n) is 11.4. The van der Waals surface area contributed by atoms with Crippen molar-refractivity contribution >= 4 is 38.9 Å². The molecule has 0 aromatic heterocycles. The van der Waals surface area contributed by atoms with Gasteiger partial charge in [0.15, 0.2) is 0 Å². The Kier molecular flexibility index (Phi) is 7.46. The Morgan fingerprint density at radius 1 is 0.939 bits per heavy atom. The maximum Gasteiger partial charge on any atom is 0.255 e. The highest BCUT2D eigenvalue weighted by Gasteiger charge is 2.31. The molecule has 2 aliphatic rings. The lowest BCUT2D eigenvalue weighted by atomic mass is 10.1. The minimum atomic E-state index is -3.71. The van der Waals surface area contributed by atoms with Gasteiger partial charge in [-0.05, 0) is 68.5 Å². The number of sulfonamides is 1. The fourth-order valence-electron chi connectivity index (χ4n) is 4.45. The number of halogens is 1. The van der Waals surface area contributed by atoms with Gasteiger partial charge in [0, 0.05) is 37.4 Å². The number of amides is 1. The lowest BCUT2D eigenvalue weighted by Gasteiger charge is -2.33. The Morgan fingerprint density at radius 2 is 1.61 bits per heavy atom. The lowest BCUT2D eigenvalue weighted by molar-refractivity contribution is 0.102. The zero-order valence-electron chi connectivity index (χ0n) is 18.8. The Labute approximate surface area is 200 Å². The molecule has 178 valence electrons. The van der Waals surface area contributed by atoms with E-state index < -0.39 is 15.9 Å². The molecule has 0 unspecified atom stereocenters. The standard InChI is InChI=1S/C24H30ClN3O4S/c1-32-22-11-9-19(17-20(22)25)26-24(29)18-8-10-21(27-12-4-2-5-13-27)23(16-18)33(30,31)28-14-6-3-7-15-28/h8-11,16-17H,2-7,12-15H2,1H3,(H,26,29). The highest BCUT2D eigenvalue weighted by Crippen LogP contribution is 2.33. The first-order valence-corrected chi connectivity index (χ1v) is 13.3. The largest absolute Gasteiger partial charge is 0.495 e. The van der Waals surface area contributed by atoms with Crippen molar-refractivity contribution in [2.75, 3.05) is 43.5 Å². The third-order valence-electron chi connectivity index (χ3n) is 6.26. The van der Waals surface area contributed by atoms with Gasteiger partial charge in [0.25, 0.3) is 5.91 Å². The topological polar surface area (TPSA) is 79.0 Å². The van der Waals surface area contributed by atoms with Crippen LogP contribution in [0.4, 0.5) is 11.4 Å². The van der Waals surface area contributed by atoms with Crippen LogP contribution in [0, 0.1) is 0 Å². The van der Waals surface area contributed by atoms with Crippen LogP contribution in [0.3, 0.4) is 0 Å². The van der Waals surface area contributed by atoms with Gasteiger partial charge >= 0.3 is 0 Å². The number of ether oxygens (including phenoxy) is 1. The molecule has 2 saturated heterocycles. The molecule has 0 saturated carbocycles. The molecule has 1 N–H and O–H groups in total. The summed E-state index contributed by atoms with van der Waals surface area (Å²) < 4.78 is 34.0. The van der Waals surface area contributed by atoms with Crippen LogP contribution in [-0.4, -0.2) is 51.9 Å². The molecule has 33 heavy (non-hydrogen) atoms. The van der Waals surface area contributed by atoms with Crippen molar-refractivity contribution in [1.82, 2.24) is 4.31 Å². The number of benzene rings is 2. The zero-order valence-corrected chi connectivity index (χ0v) is 20.4. The van der Waals surface area contributed by atoms with Crippen molar-refractivity contribution in [2.45, 2.75) is 43.4 Å². The molecule has 2 aromatic rings. The molecule has 0 bridgehead atoms. The van der Waals surface area contributed by atoms with E-state index in [1.54, 1.807) is 34.6 Å². The number of hydrogen-bond donors (Lipinski definition) is 1. The molecular weight excluding hydrogens is 462 g/mol. The van der Waals surface area contributed by atoms with E-state index in [1.165, 1.54) is 13.2 Å². The average molecular weight is 492 g/mol. The minimum Gasteiger partial charge on any atom is -0.495 e. The van der Waals surface area contributed by atoms with Gasteiger partial charge in [-0.2, -0.15) is 4.31 Å². The molecule has 1 amide bonds. The fourth-order valence-corrected chi connectivity index (χ4v) is 6.46. The summed E-state index contributed by atoms with van der Waals surface area (Å²) in [6.45, 7) is 2.67. The van der Waals surface area contributed by atoms with Crippen LogP contribution >= 0.6 is 11.6 Å². The summed E-state index contributed by atoms with van der Waals surface area (Å²) in [5.74, 6) is 0.118. The second-order valence-electron chi connectivity index (χ2n) is 8.50. The molecule has 2 fully saturated rings. The van der Waals surface area contributed by atoms with E-state index in [2.05, 4.69) is 10.2 Å². The minimum absolute atomic E-state index is 0.215. The third kappa shape index (κ3) is 5.28. The number of anilines is 2. The van der Waals surface area contributed by atoms with Crippen LogP contribution in [0.15, 0.2) is 41.3 Å². The van der Waals surface area contributed by atoms with Gasteiger partial charge in [-0.3, -0.25) is 4.79 Å². The number of hydrogen-bond acceptors (Lipinski definition) is 5. The second-order valence-corrected chi connectivity index (χ2v) is 10.8. The molecule has 0 atom stereocenters. The van der Waals surface area contributed by atoms with Gasteiger partial charge in [0.1, 0.15) is 10.6 Å². The van der Waals surface area contributed by atoms with Crippen molar-refractivity contribution in [2.24, 2.45) is 0 Å². The van der Waals surface area contributed by atoms with Crippen LogP contribution in [0.5, 0.6) is 5.75 Å². The van der Waals surface area contributed by atoms with Crippen molar-refractivity contribution in [3.63, 3.8) is 0 Å². The van der Waals surface area contributed by atoms with Gasteiger partial charge in [-0.1, -0.05) is 18.0 Å². The quantitative estimate of drug-likeness (QED) is 0.630. The number of carbonyl (C=O) groups excluding carboxylic acids is 1. The lowest BCUT2D eigenvalue weighted by Crippen LogP contribution is -2.37. The summed E-state index contributed by atoms with van der Waals surface area (Å²) in [6, 6.07) is 9.96. The Bertz CT molecular complexity index is 1110. The summed E-state index contributed by atoms with van der Waals surface area (Å²) in [7, 11) is -2.19. The van der Waals surface area contributed by atoms with Gasteiger partial charge in [0.2, 0.25) is 10.0 Å². The Morgan fingerprint density at radius 3 is 2.24 bits per heavy atom. The number of methoxy groups -OCH3 is 1. The van der Waals surface area contributed by atoms with Gasteiger partial charge in [-0.25, -0.2) is 8.42 Å². The Balaban J connectivity index is 1.67. The monoisotopic (exact) mass is 491 g/mol. The summed E-state index contributed by atoms with van der Waals surface area (Å²) in [4.78, 5) is 15.4. The van der Waals surface area contributed by atoms with Gasteiger partial charge in [0.05, 0.1) is 17.8 Å². The predicted molar refractivity (Wildman–Crippen MR) is 131 cm³/mol. The highest BCUT2D eigenvalue weighted by atomic mass is 35.5. The van der Waals surface area contributed by atoms with Crippen LogP contribution in [0.2, 0.25) is 5.02 Å². The van der Waals surface area contributed by atoms with Crippen LogP contribution in [-0.2, 0) is 10.0 Å². The van der Waals surface area contributed by atoms with Crippen molar-refractivity contribution in [3.05, 3.63) is 47.0 Å². The van der Waals surface area contributed by atoms with Crippen molar-refractivity contribution < 1.29 is 17.9 Å². The number of nitrogens with one attached hydrogen (secondary N) is 1. The SMILES string of the molecule is COc1ccc(NC(=O)c2ccc(N3CCCCC3)c(S(=O)(=O)N3CCCCC3)c2)cc1Cl. The molecule has 9 heteroatoms. The number of piperidine rings is 2. The summed E-state index contributed by atoms with van der Waals surface area (Å²) in [5.41, 5.74) is 1.48. The maximum absolute atomic E-state index is 13.6. The normalized spacial score (nSPS) is 17.6.